The molecule has 0 spiro atoms. The SMILES string of the molecule is CC(C)CNC(=O)c1ccc(OC(C)(C)C)cc1. The highest BCUT2D eigenvalue weighted by Gasteiger charge is 2.12. The van der Waals surface area contributed by atoms with Crippen LogP contribution >= 0.6 is 0 Å². The predicted molar refractivity (Wildman–Crippen MR) is 74.0 cm³/mol. The number of rotatable bonds is 4. The van der Waals surface area contributed by atoms with E-state index in [0.29, 0.717) is 18.0 Å². The minimum Gasteiger partial charge on any atom is -0.488 e. The summed E-state index contributed by atoms with van der Waals surface area (Å²) in [6.45, 7) is 10.8. The zero-order chi connectivity index (χ0) is 13.8. The quantitative estimate of drug-likeness (QED) is 0.889. The summed E-state index contributed by atoms with van der Waals surface area (Å²) in [4.78, 5) is 11.8. The summed E-state index contributed by atoms with van der Waals surface area (Å²) in [5, 5.41) is 2.89. The lowest BCUT2D eigenvalue weighted by molar-refractivity contribution is 0.0949. The van der Waals surface area contributed by atoms with Gasteiger partial charge in [-0.05, 0) is 51.0 Å². The standard InChI is InChI=1S/C15H23NO2/c1-11(2)10-16-14(17)12-6-8-13(9-7-12)18-15(3,4)5/h6-9,11H,10H2,1-5H3,(H,16,17). The van der Waals surface area contributed by atoms with Crippen molar-refractivity contribution in [3.05, 3.63) is 29.8 Å². The molecule has 0 bridgehead atoms. The Bertz CT molecular complexity index is 388. The van der Waals surface area contributed by atoms with Crippen molar-refractivity contribution in [3.63, 3.8) is 0 Å². The first-order valence-corrected chi connectivity index (χ1v) is 6.35. The maximum atomic E-state index is 11.8. The molecular formula is C15H23NO2. The lowest BCUT2D eigenvalue weighted by atomic mass is 10.1. The number of carbonyl (C=O) groups excluding carboxylic acids is 1. The number of carbonyl (C=O) groups is 1. The fourth-order valence-electron chi connectivity index (χ4n) is 1.43. The van der Waals surface area contributed by atoms with Gasteiger partial charge in [0.25, 0.3) is 5.91 Å². The van der Waals surface area contributed by atoms with Crippen molar-refractivity contribution in [3.8, 4) is 5.75 Å². The molecule has 3 nitrogen and oxygen atoms in total. The van der Waals surface area contributed by atoms with Gasteiger partial charge in [-0.25, -0.2) is 0 Å². The number of nitrogens with one attached hydrogen (secondary N) is 1. The van der Waals surface area contributed by atoms with Gasteiger partial charge < -0.3 is 10.1 Å². The molecule has 0 unspecified atom stereocenters. The van der Waals surface area contributed by atoms with Crippen molar-refractivity contribution < 1.29 is 9.53 Å². The lowest BCUT2D eigenvalue weighted by Crippen LogP contribution is -2.27. The van der Waals surface area contributed by atoms with E-state index in [0.717, 1.165) is 5.75 Å². The molecule has 1 N–H and O–H groups in total. The molecule has 0 fully saturated rings. The Labute approximate surface area is 110 Å². The summed E-state index contributed by atoms with van der Waals surface area (Å²) in [6.07, 6.45) is 0. The molecule has 1 rings (SSSR count). The largest absolute Gasteiger partial charge is 0.488 e. The Balaban J connectivity index is 2.62. The maximum Gasteiger partial charge on any atom is 0.251 e. The van der Waals surface area contributed by atoms with Crippen LogP contribution in [0.5, 0.6) is 5.75 Å². The lowest BCUT2D eigenvalue weighted by Gasteiger charge is -2.21. The second-order valence-corrected chi connectivity index (χ2v) is 5.84. The second-order valence-electron chi connectivity index (χ2n) is 5.84. The molecule has 0 saturated heterocycles. The van der Waals surface area contributed by atoms with E-state index in [-0.39, 0.29) is 11.5 Å². The second kappa shape index (κ2) is 5.89. The van der Waals surface area contributed by atoms with E-state index in [2.05, 4.69) is 19.2 Å². The fraction of sp³-hybridized carbons (Fsp3) is 0.533. The molecule has 100 valence electrons. The number of amides is 1. The first-order chi connectivity index (χ1) is 8.28. The van der Waals surface area contributed by atoms with Crippen LogP contribution < -0.4 is 10.1 Å². The van der Waals surface area contributed by atoms with Gasteiger partial charge in [0.2, 0.25) is 0 Å². The van der Waals surface area contributed by atoms with Crippen LogP contribution in [-0.4, -0.2) is 18.1 Å². The van der Waals surface area contributed by atoms with Crippen LogP contribution in [0.25, 0.3) is 0 Å². The average Bonchev–Trinajstić information content (AvgIpc) is 2.24. The number of ether oxygens (including phenoxy) is 1. The Kier molecular flexibility index (Phi) is 4.76. The Morgan fingerprint density at radius 3 is 2.22 bits per heavy atom. The Morgan fingerprint density at radius 1 is 1.22 bits per heavy atom. The predicted octanol–water partition coefficient (Wildman–Crippen LogP) is 3.25. The first-order valence-electron chi connectivity index (χ1n) is 6.35. The van der Waals surface area contributed by atoms with Crippen molar-refractivity contribution in [1.29, 1.82) is 0 Å². The molecule has 1 aromatic carbocycles. The third-order valence-electron chi connectivity index (χ3n) is 2.21. The molecule has 1 amide bonds. The van der Waals surface area contributed by atoms with E-state index in [1.807, 2.05) is 32.9 Å². The van der Waals surface area contributed by atoms with Crippen LogP contribution in [-0.2, 0) is 0 Å². The summed E-state index contributed by atoms with van der Waals surface area (Å²) in [7, 11) is 0. The zero-order valence-electron chi connectivity index (χ0n) is 11.9. The van der Waals surface area contributed by atoms with E-state index >= 15 is 0 Å². The highest BCUT2D eigenvalue weighted by Crippen LogP contribution is 2.18. The van der Waals surface area contributed by atoms with Gasteiger partial charge in [0.05, 0.1) is 0 Å². The summed E-state index contributed by atoms with van der Waals surface area (Å²) in [5.74, 6) is 1.20. The van der Waals surface area contributed by atoms with Crippen molar-refractivity contribution in [2.75, 3.05) is 6.54 Å². The van der Waals surface area contributed by atoms with Gasteiger partial charge in [-0.3, -0.25) is 4.79 Å². The molecule has 0 radical (unpaired) electrons. The molecule has 0 aliphatic rings. The van der Waals surface area contributed by atoms with Crippen LogP contribution in [0, 0.1) is 5.92 Å². The van der Waals surface area contributed by atoms with Crippen LogP contribution in [0.15, 0.2) is 24.3 Å². The normalized spacial score (nSPS) is 11.4. The van der Waals surface area contributed by atoms with Gasteiger partial charge in [0, 0.05) is 12.1 Å². The first kappa shape index (κ1) is 14.6. The van der Waals surface area contributed by atoms with Crippen LogP contribution in [0.2, 0.25) is 0 Å². The molecule has 0 aliphatic carbocycles. The van der Waals surface area contributed by atoms with E-state index in [4.69, 9.17) is 4.74 Å². The highest BCUT2D eigenvalue weighted by atomic mass is 16.5. The molecular weight excluding hydrogens is 226 g/mol. The Hall–Kier alpha value is -1.51. The number of hydrogen-bond acceptors (Lipinski definition) is 2. The van der Waals surface area contributed by atoms with Crippen LogP contribution in [0.4, 0.5) is 0 Å². The molecule has 1 aromatic rings. The van der Waals surface area contributed by atoms with E-state index in [9.17, 15) is 4.79 Å². The molecule has 0 saturated carbocycles. The van der Waals surface area contributed by atoms with E-state index < -0.39 is 0 Å². The summed E-state index contributed by atoms with van der Waals surface area (Å²) in [5.41, 5.74) is 0.443. The zero-order valence-corrected chi connectivity index (χ0v) is 11.9. The molecule has 0 heterocycles. The van der Waals surface area contributed by atoms with Crippen LogP contribution in [0.3, 0.4) is 0 Å². The summed E-state index contributed by atoms with van der Waals surface area (Å²) < 4.78 is 5.70. The molecule has 18 heavy (non-hydrogen) atoms. The topological polar surface area (TPSA) is 38.3 Å². The van der Waals surface area contributed by atoms with Gasteiger partial charge in [0.15, 0.2) is 0 Å². The van der Waals surface area contributed by atoms with Gasteiger partial charge in [0.1, 0.15) is 11.4 Å². The minimum absolute atomic E-state index is 0.0361. The molecule has 3 heteroatoms. The third kappa shape index (κ3) is 5.21. The highest BCUT2D eigenvalue weighted by molar-refractivity contribution is 5.94. The average molecular weight is 249 g/mol. The van der Waals surface area contributed by atoms with Crippen molar-refractivity contribution in [1.82, 2.24) is 5.32 Å². The van der Waals surface area contributed by atoms with Crippen molar-refractivity contribution >= 4 is 5.91 Å². The summed E-state index contributed by atoms with van der Waals surface area (Å²) >= 11 is 0. The fourth-order valence-corrected chi connectivity index (χ4v) is 1.43. The van der Waals surface area contributed by atoms with Gasteiger partial charge >= 0.3 is 0 Å². The van der Waals surface area contributed by atoms with Crippen molar-refractivity contribution in [2.24, 2.45) is 5.92 Å². The van der Waals surface area contributed by atoms with Crippen molar-refractivity contribution in [2.45, 2.75) is 40.2 Å². The van der Waals surface area contributed by atoms with Gasteiger partial charge in [-0.2, -0.15) is 0 Å². The molecule has 0 aromatic heterocycles. The minimum atomic E-state index is -0.221. The van der Waals surface area contributed by atoms with Crippen LogP contribution in [0.1, 0.15) is 45.0 Å². The molecule has 0 atom stereocenters. The maximum absolute atomic E-state index is 11.8. The van der Waals surface area contributed by atoms with Gasteiger partial charge in [-0.1, -0.05) is 13.8 Å². The van der Waals surface area contributed by atoms with E-state index in [1.54, 1.807) is 12.1 Å². The number of benzene rings is 1. The smallest absolute Gasteiger partial charge is 0.251 e. The summed E-state index contributed by atoms with van der Waals surface area (Å²) in [6, 6.07) is 7.23. The van der Waals surface area contributed by atoms with E-state index in [1.165, 1.54) is 0 Å². The third-order valence-corrected chi connectivity index (χ3v) is 2.21. The number of hydrogen-bond donors (Lipinski definition) is 1. The monoisotopic (exact) mass is 249 g/mol. The molecule has 0 aliphatic heterocycles. The Morgan fingerprint density at radius 2 is 1.78 bits per heavy atom. The van der Waals surface area contributed by atoms with Gasteiger partial charge in [-0.15, -0.1) is 0 Å².